The van der Waals surface area contributed by atoms with Gasteiger partial charge in [-0.25, -0.2) is 4.98 Å². The molecule has 0 amide bonds. The Morgan fingerprint density at radius 3 is 2.59 bits per heavy atom. The number of aromatic nitrogens is 2. The molecule has 0 aliphatic rings. The molecule has 0 atom stereocenters. The molecule has 2 aromatic carbocycles. The van der Waals surface area contributed by atoms with Crippen LogP contribution in [0.4, 0.5) is 0 Å². The van der Waals surface area contributed by atoms with Crippen LogP contribution in [0.2, 0.25) is 0 Å². The third-order valence-electron chi connectivity index (χ3n) is 3.45. The number of hydrogen-bond acceptors (Lipinski definition) is 3. The van der Waals surface area contributed by atoms with Crippen LogP contribution in [0.1, 0.15) is 11.1 Å². The molecule has 0 aliphatic heterocycles. The summed E-state index contributed by atoms with van der Waals surface area (Å²) in [6, 6.07) is 15.5. The highest BCUT2D eigenvalue weighted by molar-refractivity contribution is 5.78. The summed E-state index contributed by atoms with van der Waals surface area (Å²) in [5, 5.41) is 9.27. The summed E-state index contributed by atoms with van der Waals surface area (Å²) < 4.78 is 1.11. The first-order chi connectivity index (χ1) is 10.6. The number of aliphatic carboxylic acids is 1. The maximum atomic E-state index is 12.3. The highest BCUT2D eigenvalue weighted by Gasteiger charge is 2.08. The molecule has 0 saturated carbocycles. The van der Waals surface area contributed by atoms with E-state index in [2.05, 4.69) is 4.98 Å². The minimum absolute atomic E-state index is 0.331. The standard InChI is InChI=1S/C17H14N2O3/c20-16(21)10-19-11-18-15-7-6-13(9-14(15)17(19)22)8-12-4-2-1-3-5-12/h1-7,9,11H,8,10H2,(H,20,21). The topological polar surface area (TPSA) is 72.2 Å². The van der Waals surface area contributed by atoms with Gasteiger partial charge in [-0.15, -0.1) is 0 Å². The Morgan fingerprint density at radius 1 is 1.09 bits per heavy atom. The van der Waals surface area contributed by atoms with E-state index in [9.17, 15) is 9.59 Å². The van der Waals surface area contributed by atoms with Gasteiger partial charge in [0.25, 0.3) is 5.56 Å². The zero-order chi connectivity index (χ0) is 15.5. The molecule has 1 N–H and O–H groups in total. The number of carboxylic acid groups (broad SMARTS) is 1. The van der Waals surface area contributed by atoms with E-state index in [4.69, 9.17) is 5.11 Å². The lowest BCUT2D eigenvalue weighted by molar-refractivity contribution is -0.137. The van der Waals surface area contributed by atoms with E-state index < -0.39 is 5.97 Å². The number of hydrogen-bond donors (Lipinski definition) is 1. The van der Waals surface area contributed by atoms with Gasteiger partial charge in [-0.05, 0) is 29.7 Å². The molecule has 3 rings (SSSR count). The lowest BCUT2D eigenvalue weighted by atomic mass is 10.0. The van der Waals surface area contributed by atoms with Gasteiger partial charge in [0.1, 0.15) is 6.54 Å². The molecule has 0 unspecified atom stereocenters. The van der Waals surface area contributed by atoms with E-state index in [-0.39, 0.29) is 12.1 Å². The first-order valence-corrected chi connectivity index (χ1v) is 6.87. The SMILES string of the molecule is O=C(O)Cn1cnc2ccc(Cc3ccccc3)cc2c1=O. The molecule has 0 fully saturated rings. The smallest absolute Gasteiger partial charge is 0.323 e. The van der Waals surface area contributed by atoms with Crippen molar-refractivity contribution >= 4 is 16.9 Å². The van der Waals surface area contributed by atoms with Crippen LogP contribution in [0.5, 0.6) is 0 Å². The van der Waals surface area contributed by atoms with Crippen molar-refractivity contribution in [1.82, 2.24) is 9.55 Å². The molecule has 0 saturated heterocycles. The van der Waals surface area contributed by atoms with Crippen molar-refractivity contribution in [1.29, 1.82) is 0 Å². The molecule has 1 heterocycles. The van der Waals surface area contributed by atoms with E-state index in [1.54, 1.807) is 12.1 Å². The van der Waals surface area contributed by atoms with Gasteiger partial charge in [-0.1, -0.05) is 36.4 Å². The Balaban J connectivity index is 2.02. The molecule has 3 aromatic rings. The Morgan fingerprint density at radius 2 is 1.86 bits per heavy atom. The van der Waals surface area contributed by atoms with Crippen LogP contribution in [0.3, 0.4) is 0 Å². The Labute approximate surface area is 126 Å². The number of fused-ring (bicyclic) bond motifs is 1. The number of nitrogens with zero attached hydrogens (tertiary/aromatic N) is 2. The lowest BCUT2D eigenvalue weighted by Gasteiger charge is -2.06. The van der Waals surface area contributed by atoms with Crippen LogP contribution in [-0.2, 0) is 17.8 Å². The molecular formula is C17H14N2O3. The van der Waals surface area contributed by atoms with E-state index in [1.165, 1.54) is 6.33 Å². The van der Waals surface area contributed by atoms with E-state index in [0.29, 0.717) is 17.3 Å². The van der Waals surface area contributed by atoms with Gasteiger partial charge in [0.15, 0.2) is 0 Å². The van der Waals surface area contributed by atoms with Crippen molar-refractivity contribution in [3.63, 3.8) is 0 Å². The number of carbonyl (C=O) groups is 1. The van der Waals surface area contributed by atoms with Crippen LogP contribution in [0.25, 0.3) is 10.9 Å². The predicted octanol–water partition coefficient (Wildman–Crippen LogP) is 2.07. The summed E-state index contributed by atoms with van der Waals surface area (Å²) in [6.07, 6.45) is 1.99. The highest BCUT2D eigenvalue weighted by atomic mass is 16.4. The molecule has 0 spiro atoms. The molecule has 0 radical (unpaired) electrons. The quantitative estimate of drug-likeness (QED) is 0.799. The molecule has 5 nitrogen and oxygen atoms in total. The van der Waals surface area contributed by atoms with Gasteiger partial charge in [0.05, 0.1) is 17.2 Å². The van der Waals surface area contributed by atoms with Crippen LogP contribution in [0.15, 0.2) is 59.7 Å². The summed E-state index contributed by atoms with van der Waals surface area (Å²) in [5.74, 6) is -1.07. The van der Waals surface area contributed by atoms with Gasteiger partial charge < -0.3 is 5.11 Å². The zero-order valence-electron chi connectivity index (χ0n) is 11.8. The minimum Gasteiger partial charge on any atom is -0.480 e. The largest absolute Gasteiger partial charge is 0.480 e. The van der Waals surface area contributed by atoms with E-state index in [1.807, 2.05) is 36.4 Å². The Bertz CT molecular complexity index is 885. The van der Waals surface area contributed by atoms with E-state index >= 15 is 0 Å². The maximum Gasteiger partial charge on any atom is 0.323 e. The van der Waals surface area contributed by atoms with Crippen LogP contribution in [0, 0.1) is 0 Å². The summed E-state index contributed by atoms with van der Waals surface area (Å²) in [5.41, 5.74) is 2.38. The monoisotopic (exact) mass is 294 g/mol. The minimum atomic E-state index is -1.07. The van der Waals surface area contributed by atoms with Gasteiger partial charge in [-0.2, -0.15) is 0 Å². The molecule has 22 heavy (non-hydrogen) atoms. The first-order valence-electron chi connectivity index (χ1n) is 6.87. The third kappa shape index (κ3) is 2.88. The average molecular weight is 294 g/mol. The van der Waals surface area contributed by atoms with Crippen LogP contribution < -0.4 is 5.56 Å². The second kappa shape index (κ2) is 5.81. The molecule has 0 bridgehead atoms. The van der Waals surface area contributed by atoms with Crippen molar-refractivity contribution in [2.45, 2.75) is 13.0 Å². The number of benzene rings is 2. The second-order valence-electron chi connectivity index (χ2n) is 5.09. The van der Waals surface area contributed by atoms with Crippen molar-refractivity contribution in [3.05, 3.63) is 76.3 Å². The molecular weight excluding hydrogens is 280 g/mol. The van der Waals surface area contributed by atoms with Crippen LogP contribution >= 0.6 is 0 Å². The molecule has 5 heteroatoms. The predicted molar refractivity (Wildman–Crippen MR) is 82.9 cm³/mol. The molecule has 0 aliphatic carbocycles. The summed E-state index contributed by atoms with van der Waals surface area (Å²) in [6.45, 7) is -0.384. The van der Waals surface area contributed by atoms with Crippen molar-refractivity contribution in [2.75, 3.05) is 0 Å². The first kappa shape index (κ1) is 14.0. The highest BCUT2D eigenvalue weighted by Crippen LogP contribution is 2.14. The summed E-state index contributed by atoms with van der Waals surface area (Å²) >= 11 is 0. The fourth-order valence-corrected chi connectivity index (χ4v) is 2.41. The fraction of sp³-hybridized carbons (Fsp3) is 0.118. The van der Waals surface area contributed by atoms with Gasteiger partial charge in [-0.3, -0.25) is 14.2 Å². The second-order valence-corrected chi connectivity index (χ2v) is 5.09. The van der Waals surface area contributed by atoms with Crippen LogP contribution in [-0.4, -0.2) is 20.6 Å². The third-order valence-corrected chi connectivity index (χ3v) is 3.45. The van der Waals surface area contributed by atoms with Crippen molar-refractivity contribution in [3.8, 4) is 0 Å². The Hall–Kier alpha value is -2.95. The van der Waals surface area contributed by atoms with Crippen molar-refractivity contribution in [2.24, 2.45) is 0 Å². The van der Waals surface area contributed by atoms with Gasteiger partial charge >= 0.3 is 5.97 Å². The summed E-state index contributed by atoms with van der Waals surface area (Å²) in [7, 11) is 0. The van der Waals surface area contributed by atoms with Gasteiger partial charge in [0.2, 0.25) is 0 Å². The normalized spacial score (nSPS) is 10.7. The van der Waals surface area contributed by atoms with Gasteiger partial charge in [0, 0.05) is 0 Å². The molecule has 1 aromatic heterocycles. The average Bonchev–Trinajstić information content (AvgIpc) is 2.51. The Kier molecular flexibility index (Phi) is 3.70. The summed E-state index contributed by atoms with van der Waals surface area (Å²) in [4.78, 5) is 27.2. The number of rotatable bonds is 4. The molecule has 110 valence electrons. The fourth-order valence-electron chi connectivity index (χ4n) is 2.41. The number of carboxylic acids is 1. The maximum absolute atomic E-state index is 12.3. The van der Waals surface area contributed by atoms with Crippen molar-refractivity contribution < 1.29 is 9.90 Å². The zero-order valence-corrected chi connectivity index (χ0v) is 11.8. The van der Waals surface area contributed by atoms with E-state index in [0.717, 1.165) is 15.7 Å². The lowest BCUT2D eigenvalue weighted by Crippen LogP contribution is -2.24.